The van der Waals surface area contributed by atoms with E-state index in [-0.39, 0.29) is 0 Å². The molecular weight excluding hydrogens is 242 g/mol. The van der Waals surface area contributed by atoms with Gasteiger partial charge in [-0.25, -0.2) is 4.79 Å². The Balaban J connectivity index is 1.89. The van der Waals surface area contributed by atoms with Crippen molar-refractivity contribution < 1.29 is 14.6 Å². The molecule has 1 fully saturated rings. The molecule has 1 saturated heterocycles. The van der Waals surface area contributed by atoms with Gasteiger partial charge in [-0.15, -0.1) is 0 Å². The molecule has 1 aliphatic rings. The number of carboxylic acid groups (broad SMARTS) is 1. The molecule has 1 aliphatic heterocycles. The lowest BCUT2D eigenvalue weighted by Gasteiger charge is -2.20. The summed E-state index contributed by atoms with van der Waals surface area (Å²) in [5.74, 6) is -0.359. The van der Waals surface area contributed by atoms with E-state index in [0.717, 1.165) is 19.5 Å². The van der Waals surface area contributed by atoms with Crippen LogP contribution in [0.2, 0.25) is 0 Å². The SMILES string of the molecule is CCOC(CN1CCC(c2ccccc2)C1)C(=O)O. The summed E-state index contributed by atoms with van der Waals surface area (Å²) in [7, 11) is 0. The quantitative estimate of drug-likeness (QED) is 0.852. The van der Waals surface area contributed by atoms with Crippen LogP contribution >= 0.6 is 0 Å². The van der Waals surface area contributed by atoms with Crippen LogP contribution in [0.4, 0.5) is 0 Å². The van der Waals surface area contributed by atoms with Gasteiger partial charge < -0.3 is 9.84 Å². The van der Waals surface area contributed by atoms with Gasteiger partial charge in [0.25, 0.3) is 0 Å². The van der Waals surface area contributed by atoms with Gasteiger partial charge in [0.15, 0.2) is 6.10 Å². The van der Waals surface area contributed by atoms with Crippen LogP contribution in [0.3, 0.4) is 0 Å². The highest BCUT2D eigenvalue weighted by atomic mass is 16.5. The molecule has 0 amide bonds. The molecule has 4 heteroatoms. The lowest BCUT2D eigenvalue weighted by molar-refractivity contribution is -0.151. The molecule has 4 nitrogen and oxygen atoms in total. The minimum absolute atomic E-state index is 0.437. The van der Waals surface area contributed by atoms with E-state index >= 15 is 0 Å². The maximum absolute atomic E-state index is 11.1. The molecule has 1 N–H and O–H groups in total. The average molecular weight is 263 g/mol. The smallest absolute Gasteiger partial charge is 0.334 e. The summed E-state index contributed by atoms with van der Waals surface area (Å²) in [6.07, 6.45) is 0.377. The van der Waals surface area contributed by atoms with E-state index < -0.39 is 12.1 Å². The van der Waals surface area contributed by atoms with Gasteiger partial charge in [-0.05, 0) is 31.4 Å². The summed E-state index contributed by atoms with van der Waals surface area (Å²) in [4.78, 5) is 13.3. The normalized spacial score (nSPS) is 21.4. The zero-order chi connectivity index (χ0) is 13.7. The molecule has 19 heavy (non-hydrogen) atoms. The molecule has 1 heterocycles. The topological polar surface area (TPSA) is 49.8 Å². The van der Waals surface area contributed by atoms with Crippen molar-refractivity contribution in [3.8, 4) is 0 Å². The first-order valence-corrected chi connectivity index (χ1v) is 6.82. The molecule has 0 saturated carbocycles. The van der Waals surface area contributed by atoms with Gasteiger partial charge in [0, 0.05) is 19.7 Å². The highest BCUT2D eigenvalue weighted by molar-refractivity contribution is 5.72. The Kier molecular flexibility index (Phi) is 4.93. The number of likely N-dealkylation sites (tertiary alicyclic amines) is 1. The second-order valence-electron chi connectivity index (χ2n) is 4.94. The number of carbonyl (C=O) groups is 1. The largest absolute Gasteiger partial charge is 0.479 e. The lowest BCUT2D eigenvalue weighted by Crippen LogP contribution is -2.37. The van der Waals surface area contributed by atoms with Gasteiger partial charge in [0.1, 0.15) is 0 Å². The zero-order valence-electron chi connectivity index (χ0n) is 11.3. The molecule has 0 aliphatic carbocycles. The summed E-state index contributed by atoms with van der Waals surface area (Å²) < 4.78 is 5.27. The van der Waals surface area contributed by atoms with Crippen LogP contribution in [-0.4, -0.2) is 48.3 Å². The van der Waals surface area contributed by atoms with Crippen molar-refractivity contribution in [2.75, 3.05) is 26.2 Å². The Morgan fingerprint density at radius 3 is 2.84 bits per heavy atom. The van der Waals surface area contributed by atoms with E-state index in [1.807, 2.05) is 13.0 Å². The number of hydrogen-bond acceptors (Lipinski definition) is 3. The van der Waals surface area contributed by atoms with E-state index in [9.17, 15) is 4.79 Å². The number of ether oxygens (including phenoxy) is 1. The fourth-order valence-electron chi connectivity index (χ4n) is 2.63. The molecule has 2 unspecified atom stereocenters. The Hall–Kier alpha value is -1.39. The van der Waals surface area contributed by atoms with Crippen molar-refractivity contribution in [1.29, 1.82) is 0 Å². The monoisotopic (exact) mass is 263 g/mol. The Labute approximate surface area is 114 Å². The minimum Gasteiger partial charge on any atom is -0.479 e. The molecule has 2 atom stereocenters. The Bertz CT molecular complexity index is 407. The summed E-state index contributed by atoms with van der Waals surface area (Å²) >= 11 is 0. The van der Waals surface area contributed by atoms with Crippen molar-refractivity contribution in [2.24, 2.45) is 0 Å². The fraction of sp³-hybridized carbons (Fsp3) is 0.533. The summed E-state index contributed by atoms with van der Waals surface area (Å²) in [5.41, 5.74) is 1.34. The zero-order valence-corrected chi connectivity index (χ0v) is 11.3. The van der Waals surface area contributed by atoms with Crippen LogP contribution in [0.25, 0.3) is 0 Å². The van der Waals surface area contributed by atoms with Gasteiger partial charge in [0.2, 0.25) is 0 Å². The number of carboxylic acids is 1. The van der Waals surface area contributed by atoms with Crippen LogP contribution in [-0.2, 0) is 9.53 Å². The first kappa shape index (κ1) is 14.0. The molecular formula is C15H21NO3. The van der Waals surface area contributed by atoms with Gasteiger partial charge >= 0.3 is 5.97 Å². The second-order valence-corrected chi connectivity index (χ2v) is 4.94. The fourth-order valence-corrected chi connectivity index (χ4v) is 2.63. The third kappa shape index (κ3) is 3.78. The van der Waals surface area contributed by atoms with Crippen molar-refractivity contribution in [3.63, 3.8) is 0 Å². The molecule has 2 rings (SSSR count). The lowest BCUT2D eigenvalue weighted by atomic mass is 9.99. The van der Waals surface area contributed by atoms with Crippen LogP contribution in [0, 0.1) is 0 Å². The predicted octanol–water partition coefficient (Wildman–Crippen LogP) is 1.97. The summed E-state index contributed by atoms with van der Waals surface area (Å²) in [5, 5.41) is 9.10. The standard InChI is InChI=1S/C15H21NO3/c1-2-19-14(15(17)18)11-16-9-8-13(10-16)12-6-4-3-5-7-12/h3-7,13-14H,2,8-11H2,1H3,(H,17,18). The van der Waals surface area contributed by atoms with E-state index in [2.05, 4.69) is 29.2 Å². The Morgan fingerprint density at radius 2 is 2.21 bits per heavy atom. The number of rotatable bonds is 6. The molecule has 0 spiro atoms. The average Bonchev–Trinajstić information content (AvgIpc) is 2.88. The number of aliphatic carboxylic acids is 1. The maximum Gasteiger partial charge on any atom is 0.334 e. The third-order valence-corrected chi connectivity index (χ3v) is 3.61. The summed E-state index contributed by atoms with van der Waals surface area (Å²) in [6.45, 7) is 4.60. The van der Waals surface area contributed by atoms with Gasteiger partial charge in [-0.3, -0.25) is 4.90 Å². The molecule has 1 aromatic rings. The highest BCUT2D eigenvalue weighted by Crippen LogP contribution is 2.27. The molecule has 104 valence electrons. The number of hydrogen-bond donors (Lipinski definition) is 1. The van der Waals surface area contributed by atoms with E-state index in [1.54, 1.807) is 0 Å². The van der Waals surface area contributed by atoms with Crippen LogP contribution in [0.5, 0.6) is 0 Å². The minimum atomic E-state index is -0.870. The maximum atomic E-state index is 11.1. The van der Waals surface area contributed by atoms with Crippen molar-refractivity contribution >= 4 is 5.97 Å². The first-order valence-electron chi connectivity index (χ1n) is 6.82. The molecule has 0 radical (unpaired) electrons. The number of nitrogens with zero attached hydrogens (tertiary/aromatic N) is 1. The Morgan fingerprint density at radius 1 is 1.47 bits per heavy atom. The number of benzene rings is 1. The molecule has 0 aromatic heterocycles. The van der Waals surface area contributed by atoms with Crippen LogP contribution in [0.1, 0.15) is 24.8 Å². The van der Waals surface area contributed by atoms with Gasteiger partial charge in [-0.1, -0.05) is 30.3 Å². The van der Waals surface area contributed by atoms with E-state index in [1.165, 1.54) is 5.56 Å². The van der Waals surface area contributed by atoms with E-state index in [4.69, 9.17) is 9.84 Å². The van der Waals surface area contributed by atoms with Crippen LogP contribution in [0.15, 0.2) is 30.3 Å². The third-order valence-electron chi connectivity index (χ3n) is 3.61. The van der Waals surface area contributed by atoms with Gasteiger partial charge in [0.05, 0.1) is 0 Å². The first-order chi connectivity index (χ1) is 9.20. The molecule has 1 aromatic carbocycles. The second kappa shape index (κ2) is 6.68. The molecule has 0 bridgehead atoms. The van der Waals surface area contributed by atoms with Crippen molar-refractivity contribution in [2.45, 2.75) is 25.4 Å². The summed E-state index contributed by atoms with van der Waals surface area (Å²) in [6, 6.07) is 10.4. The van der Waals surface area contributed by atoms with Gasteiger partial charge in [-0.2, -0.15) is 0 Å². The van der Waals surface area contributed by atoms with Crippen molar-refractivity contribution in [3.05, 3.63) is 35.9 Å². The van der Waals surface area contributed by atoms with Crippen LogP contribution < -0.4 is 0 Å². The predicted molar refractivity (Wildman–Crippen MR) is 73.3 cm³/mol. The van der Waals surface area contributed by atoms with E-state index in [0.29, 0.717) is 19.1 Å². The van der Waals surface area contributed by atoms with Crippen molar-refractivity contribution in [1.82, 2.24) is 4.90 Å². The highest BCUT2D eigenvalue weighted by Gasteiger charge is 2.28.